The van der Waals surface area contributed by atoms with Gasteiger partial charge in [0.1, 0.15) is 5.01 Å². The summed E-state index contributed by atoms with van der Waals surface area (Å²) in [5.41, 5.74) is 5.92. The molecule has 0 bridgehead atoms. The molecule has 1 saturated carbocycles. The normalized spacial score (nSPS) is 20.7. The van der Waals surface area contributed by atoms with Crippen LogP contribution in [0.4, 0.5) is 0 Å². The number of rotatable bonds is 5. The molecule has 0 aromatic carbocycles. The molecule has 1 unspecified atom stereocenters. The predicted octanol–water partition coefficient (Wildman–Crippen LogP) is 1.36. The summed E-state index contributed by atoms with van der Waals surface area (Å²) in [6, 6.07) is 0. The minimum absolute atomic E-state index is 0.117. The highest BCUT2D eigenvalue weighted by molar-refractivity contribution is 7.09. The fourth-order valence-corrected chi connectivity index (χ4v) is 2.28. The maximum absolute atomic E-state index is 5.81. The van der Waals surface area contributed by atoms with Crippen LogP contribution in [-0.2, 0) is 6.54 Å². The van der Waals surface area contributed by atoms with Crippen molar-refractivity contribution in [2.75, 3.05) is 6.54 Å². The van der Waals surface area contributed by atoms with Gasteiger partial charge in [-0.3, -0.25) is 0 Å². The summed E-state index contributed by atoms with van der Waals surface area (Å²) < 4.78 is 0. The SMILES string of the molecule is CC(CN)(NCc1nccs1)C1CC1. The highest BCUT2D eigenvalue weighted by Crippen LogP contribution is 2.39. The van der Waals surface area contributed by atoms with E-state index in [0.717, 1.165) is 17.5 Å². The Labute approximate surface area is 88.7 Å². The molecule has 1 aliphatic carbocycles. The minimum atomic E-state index is 0.117. The average Bonchev–Trinajstić information content (AvgIpc) is 2.94. The van der Waals surface area contributed by atoms with Crippen molar-refractivity contribution in [2.24, 2.45) is 11.7 Å². The van der Waals surface area contributed by atoms with Crippen LogP contribution in [0.3, 0.4) is 0 Å². The van der Waals surface area contributed by atoms with Crippen molar-refractivity contribution in [3.63, 3.8) is 0 Å². The zero-order chi connectivity index (χ0) is 10.0. The van der Waals surface area contributed by atoms with E-state index in [1.165, 1.54) is 12.8 Å². The van der Waals surface area contributed by atoms with Crippen molar-refractivity contribution >= 4 is 11.3 Å². The van der Waals surface area contributed by atoms with Gasteiger partial charge >= 0.3 is 0 Å². The van der Waals surface area contributed by atoms with Crippen molar-refractivity contribution in [2.45, 2.75) is 31.8 Å². The Morgan fingerprint density at radius 3 is 3.00 bits per heavy atom. The molecule has 0 aliphatic heterocycles. The number of hydrogen-bond acceptors (Lipinski definition) is 4. The minimum Gasteiger partial charge on any atom is -0.329 e. The first kappa shape index (κ1) is 10.1. The van der Waals surface area contributed by atoms with Gasteiger partial charge in [-0.2, -0.15) is 0 Å². The number of aromatic nitrogens is 1. The zero-order valence-electron chi connectivity index (χ0n) is 8.49. The van der Waals surface area contributed by atoms with Crippen LogP contribution < -0.4 is 11.1 Å². The van der Waals surface area contributed by atoms with Gasteiger partial charge in [-0.05, 0) is 25.7 Å². The molecule has 0 radical (unpaired) electrons. The lowest BCUT2D eigenvalue weighted by Crippen LogP contribution is -2.50. The van der Waals surface area contributed by atoms with Crippen molar-refractivity contribution < 1.29 is 0 Å². The third-order valence-corrected chi connectivity index (χ3v) is 3.81. The average molecular weight is 211 g/mol. The largest absolute Gasteiger partial charge is 0.329 e. The van der Waals surface area contributed by atoms with Crippen molar-refractivity contribution in [3.05, 3.63) is 16.6 Å². The first-order valence-electron chi connectivity index (χ1n) is 5.08. The first-order chi connectivity index (χ1) is 6.74. The van der Waals surface area contributed by atoms with Crippen LogP contribution in [0.15, 0.2) is 11.6 Å². The molecule has 1 aliphatic rings. The Kier molecular flexibility index (Phi) is 2.85. The van der Waals surface area contributed by atoms with E-state index in [2.05, 4.69) is 17.2 Å². The summed E-state index contributed by atoms with van der Waals surface area (Å²) in [6.07, 6.45) is 4.48. The van der Waals surface area contributed by atoms with Gasteiger partial charge in [0, 0.05) is 30.2 Å². The number of thiazole rings is 1. The summed E-state index contributed by atoms with van der Waals surface area (Å²) >= 11 is 1.69. The second-order valence-corrected chi connectivity index (χ2v) is 5.15. The van der Waals surface area contributed by atoms with Gasteiger partial charge in [0.2, 0.25) is 0 Å². The van der Waals surface area contributed by atoms with Crippen LogP contribution in [0.5, 0.6) is 0 Å². The molecule has 2 rings (SSSR count). The van der Waals surface area contributed by atoms with Crippen LogP contribution in [0.1, 0.15) is 24.8 Å². The maximum atomic E-state index is 5.81. The fourth-order valence-electron chi connectivity index (χ4n) is 1.72. The van der Waals surface area contributed by atoms with Crippen molar-refractivity contribution in [1.29, 1.82) is 0 Å². The monoisotopic (exact) mass is 211 g/mol. The predicted molar refractivity (Wildman–Crippen MR) is 59.1 cm³/mol. The third-order valence-electron chi connectivity index (χ3n) is 3.03. The van der Waals surface area contributed by atoms with Crippen LogP contribution in [0, 0.1) is 5.92 Å². The smallest absolute Gasteiger partial charge is 0.106 e. The van der Waals surface area contributed by atoms with Gasteiger partial charge in [0.15, 0.2) is 0 Å². The fraction of sp³-hybridized carbons (Fsp3) is 0.700. The molecule has 1 heterocycles. The molecule has 0 spiro atoms. The Morgan fingerprint density at radius 2 is 2.50 bits per heavy atom. The van der Waals surface area contributed by atoms with E-state index < -0.39 is 0 Å². The second-order valence-electron chi connectivity index (χ2n) is 4.18. The summed E-state index contributed by atoms with van der Waals surface area (Å²) in [5, 5.41) is 6.68. The molecule has 3 nitrogen and oxygen atoms in total. The number of nitrogens with zero attached hydrogens (tertiary/aromatic N) is 1. The Morgan fingerprint density at radius 1 is 1.71 bits per heavy atom. The number of nitrogens with two attached hydrogens (primary N) is 1. The molecule has 1 aromatic heterocycles. The molecular weight excluding hydrogens is 194 g/mol. The van der Waals surface area contributed by atoms with E-state index in [1.807, 2.05) is 11.6 Å². The van der Waals surface area contributed by atoms with Gasteiger partial charge in [0.25, 0.3) is 0 Å². The molecule has 78 valence electrons. The Bertz CT molecular complexity index is 282. The topological polar surface area (TPSA) is 50.9 Å². The molecule has 0 amide bonds. The van der Waals surface area contributed by atoms with E-state index in [-0.39, 0.29) is 5.54 Å². The van der Waals surface area contributed by atoms with Crippen molar-refractivity contribution in [1.82, 2.24) is 10.3 Å². The molecule has 4 heteroatoms. The lowest BCUT2D eigenvalue weighted by atomic mass is 9.96. The summed E-state index contributed by atoms with van der Waals surface area (Å²) in [7, 11) is 0. The first-order valence-corrected chi connectivity index (χ1v) is 5.96. The van der Waals surface area contributed by atoms with Gasteiger partial charge in [-0.25, -0.2) is 4.98 Å². The van der Waals surface area contributed by atoms with Gasteiger partial charge in [-0.15, -0.1) is 11.3 Å². The van der Waals surface area contributed by atoms with Crippen LogP contribution in [-0.4, -0.2) is 17.1 Å². The lowest BCUT2D eigenvalue weighted by molar-refractivity contribution is 0.317. The summed E-state index contributed by atoms with van der Waals surface area (Å²) in [6.45, 7) is 3.78. The molecule has 1 atom stereocenters. The van der Waals surface area contributed by atoms with Crippen LogP contribution >= 0.6 is 11.3 Å². The maximum Gasteiger partial charge on any atom is 0.106 e. The van der Waals surface area contributed by atoms with E-state index in [4.69, 9.17) is 5.73 Å². The molecular formula is C10H17N3S. The van der Waals surface area contributed by atoms with E-state index in [1.54, 1.807) is 11.3 Å². The molecule has 3 N–H and O–H groups in total. The van der Waals surface area contributed by atoms with E-state index in [0.29, 0.717) is 6.54 Å². The summed E-state index contributed by atoms with van der Waals surface area (Å²) in [4.78, 5) is 4.25. The molecule has 0 saturated heterocycles. The van der Waals surface area contributed by atoms with Gasteiger partial charge in [-0.1, -0.05) is 0 Å². The molecule has 14 heavy (non-hydrogen) atoms. The second kappa shape index (κ2) is 3.96. The quantitative estimate of drug-likeness (QED) is 0.773. The molecule has 1 fully saturated rings. The third kappa shape index (κ3) is 2.13. The van der Waals surface area contributed by atoms with Gasteiger partial charge in [0.05, 0.1) is 0 Å². The van der Waals surface area contributed by atoms with Crippen LogP contribution in [0.2, 0.25) is 0 Å². The Balaban J connectivity index is 1.89. The zero-order valence-corrected chi connectivity index (χ0v) is 9.31. The van der Waals surface area contributed by atoms with E-state index >= 15 is 0 Å². The molecule has 1 aromatic rings. The van der Waals surface area contributed by atoms with Gasteiger partial charge < -0.3 is 11.1 Å². The highest BCUT2D eigenvalue weighted by Gasteiger charge is 2.39. The number of hydrogen-bond donors (Lipinski definition) is 2. The Hall–Kier alpha value is -0.450. The summed E-state index contributed by atoms with van der Waals surface area (Å²) in [5.74, 6) is 0.771. The highest BCUT2D eigenvalue weighted by atomic mass is 32.1. The van der Waals surface area contributed by atoms with E-state index in [9.17, 15) is 0 Å². The standard InChI is InChI=1S/C10H17N3S/c1-10(7-11,8-2-3-8)13-6-9-12-4-5-14-9/h4-5,8,13H,2-3,6-7,11H2,1H3. The number of nitrogens with one attached hydrogen (secondary N) is 1. The van der Waals surface area contributed by atoms with Crippen LogP contribution in [0.25, 0.3) is 0 Å². The van der Waals surface area contributed by atoms with Crippen molar-refractivity contribution in [3.8, 4) is 0 Å². The lowest BCUT2D eigenvalue weighted by Gasteiger charge is -2.29.